The van der Waals surface area contributed by atoms with Gasteiger partial charge in [-0.1, -0.05) is 28.1 Å². The van der Waals surface area contributed by atoms with Gasteiger partial charge in [0.25, 0.3) is 0 Å². The second-order valence-corrected chi connectivity index (χ2v) is 4.01. The molecule has 70 valence electrons. The van der Waals surface area contributed by atoms with Gasteiger partial charge in [-0.25, -0.2) is 0 Å². The van der Waals surface area contributed by atoms with E-state index in [0.717, 1.165) is 17.7 Å². The summed E-state index contributed by atoms with van der Waals surface area (Å²) >= 11 is 3.39. The van der Waals surface area contributed by atoms with Gasteiger partial charge in [-0.15, -0.1) is 0 Å². The third kappa shape index (κ3) is 3.10. The molecule has 1 aliphatic rings. The maximum absolute atomic E-state index is 5.44. The number of hydrogen-bond acceptors (Lipinski definition) is 2. The Hall–Kier alpha value is -0.380. The maximum Gasteiger partial charge on any atom is 0.104 e. The molecule has 0 unspecified atom stereocenters. The number of epoxide rings is 1. The van der Waals surface area contributed by atoms with E-state index in [9.17, 15) is 0 Å². The Morgan fingerprint density at radius 1 is 1.38 bits per heavy atom. The highest BCUT2D eigenvalue weighted by Crippen LogP contribution is 2.13. The largest absolute Gasteiger partial charge is 0.374 e. The third-order valence-corrected chi connectivity index (χ3v) is 2.42. The van der Waals surface area contributed by atoms with Crippen molar-refractivity contribution < 1.29 is 9.47 Å². The lowest BCUT2D eigenvalue weighted by Crippen LogP contribution is -2.00. The van der Waals surface area contributed by atoms with E-state index in [4.69, 9.17) is 9.47 Å². The Balaban J connectivity index is 1.76. The highest BCUT2D eigenvalue weighted by Gasteiger charge is 2.21. The minimum atomic E-state index is 0.357. The molecule has 0 aliphatic carbocycles. The zero-order valence-electron chi connectivity index (χ0n) is 7.20. The van der Waals surface area contributed by atoms with Crippen LogP contribution in [0.4, 0.5) is 0 Å². The summed E-state index contributed by atoms with van der Waals surface area (Å²) in [5.41, 5.74) is 1.20. The van der Waals surface area contributed by atoms with Crippen molar-refractivity contribution in [3.63, 3.8) is 0 Å². The summed E-state index contributed by atoms with van der Waals surface area (Å²) < 4.78 is 11.6. The third-order valence-electron chi connectivity index (χ3n) is 1.89. The lowest BCUT2D eigenvalue weighted by molar-refractivity contribution is 0.104. The topological polar surface area (TPSA) is 21.8 Å². The fourth-order valence-corrected chi connectivity index (χ4v) is 1.32. The van der Waals surface area contributed by atoms with E-state index < -0.39 is 0 Å². The summed E-state index contributed by atoms with van der Waals surface area (Å²) in [5, 5.41) is 0. The molecule has 0 radical (unpaired) electrons. The van der Waals surface area contributed by atoms with E-state index in [0.29, 0.717) is 12.7 Å². The summed E-state index contributed by atoms with van der Waals surface area (Å²) in [5.74, 6) is 0. The number of benzene rings is 1. The standard InChI is InChI=1S/C10H11BrO2/c11-9-3-1-8(2-4-9)5-12-6-10-7-13-10/h1-4,10H,5-7H2/t10-/m1/s1. The molecule has 1 aromatic carbocycles. The Labute approximate surface area is 86.0 Å². The normalized spacial score (nSPS) is 20.2. The maximum atomic E-state index is 5.44. The molecule has 1 aliphatic heterocycles. The molecule has 0 spiro atoms. The van der Waals surface area contributed by atoms with Crippen LogP contribution in [0.5, 0.6) is 0 Å². The summed E-state index contributed by atoms with van der Waals surface area (Å²) in [6.07, 6.45) is 0.357. The lowest BCUT2D eigenvalue weighted by Gasteiger charge is -2.01. The van der Waals surface area contributed by atoms with Crippen LogP contribution in [-0.4, -0.2) is 19.3 Å². The Bertz CT molecular complexity index is 267. The number of ether oxygens (including phenoxy) is 2. The van der Waals surface area contributed by atoms with Crippen molar-refractivity contribution >= 4 is 15.9 Å². The molecular weight excluding hydrogens is 232 g/mol. The molecule has 1 atom stereocenters. The van der Waals surface area contributed by atoms with Gasteiger partial charge in [0.05, 0.1) is 19.8 Å². The van der Waals surface area contributed by atoms with E-state index >= 15 is 0 Å². The van der Waals surface area contributed by atoms with Gasteiger partial charge in [0.1, 0.15) is 6.10 Å². The van der Waals surface area contributed by atoms with Crippen molar-refractivity contribution in [2.24, 2.45) is 0 Å². The summed E-state index contributed by atoms with van der Waals surface area (Å²) in [7, 11) is 0. The van der Waals surface area contributed by atoms with Crippen LogP contribution in [0.15, 0.2) is 28.7 Å². The number of rotatable bonds is 4. The van der Waals surface area contributed by atoms with Crippen LogP contribution in [0.1, 0.15) is 5.56 Å². The van der Waals surface area contributed by atoms with Gasteiger partial charge in [0.15, 0.2) is 0 Å². The molecule has 1 aromatic rings. The van der Waals surface area contributed by atoms with Crippen LogP contribution >= 0.6 is 15.9 Å². The highest BCUT2D eigenvalue weighted by molar-refractivity contribution is 9.10. The van der Waals surface area contributed by atoms with Crippen molar-refractivity contribution in [2.45, 2.75) is 12.7 Å². The SMILES string of the molecule is Brc1ccc(COC[C@@H]2CO2)cc1. The molecule has 2 rings (SSSR count). The molecule has 0 bridgehead atoms. The molecule has 1 heterocycles. The molecule has 3 heteroatoms. The zero-order chi connectivity index (χ0) is 9.10. The quantitative estimate of drug-likeness (QED) is 0.757. The summed E-state index contributed by atoms with van der Waals surface area (Å²) in [6.45, 7) is 2.25. The summed E-state index contributed by atoms with van der Waals surface area (Å²) in [6, 6.07) is 8.15. The van der Waals surface area contributed by atoms with Gasteiger partial charge >= 0.3 is 0 Å². The predicted molar refractivity (Wildman–Crippen MR) is 53.5 cm³/mol. The molecule has 0 amide bonds. The van der Waals surface area contributed by atoms with Crippen LogP contribution in [0, 0.1) is 0 Å². The van der Waals surface area contributed by atoms with Crippen molar-refractivity contribution in [1.82, 2.24) is 0 Å². The Kier molecular flexibility index (Phi) is 2.98. The van der Waals surface area contributed by atoms with E-state index in [2.05, 4.69) is 28.1 Å². The average Bonchev–Trinajstić information content (AvgIpc) is 2.92. The van der Waals surface area contributed by atoms with Gasteiger partial charge in [-0.05, 0) is 17.7 Å². The number of halogens is 1. The minimum Gasteiger partial charge on any atom is -0.374 e. The minimum absolute atomic E-state index is 0.357. The van der Waals surface area contributed by atoms with Crippen LogP contribution < -0.4 is 0 Å². The van der Waals surface area contributed by atoms with Gasteiger partial charge in [0.2, 0.25) is 0 Å². The Morgan fingerprint density at radius 3 is 2.69 bits per heavy atom. The van der Waals surface area contributed by atoms with E-state index in [1.165, 1.54) is 5.56 Å². The molecular formula is C10H11BrO2. The Morgan fingerprint density at radius 2 is 2.08 bits per heavy atom. The molecule has 0 N–H and O–H groups in total. The van der Waals surface area contributed by atoms with Crippen molar-refractivity contribution in [2.75, 3.05) is 13.2 Å². The molecule has 1 fully saturated rings. The first kappa shape index (κ1) is 9.19. The van der Waals surface area contributed by atoms with Crippen LogP contribution in [0.2, 0.25) is 0 Å². The lowest BCUT2D eigenvalue weighted by atomic mass is 10.2. The highest BCUT2D eigenvalue weighted by atomic mass is 79.9. The van der Waals surface area contributed by atoms with Gasteiger partial charge < -0.3 is 9.47 Å². The second kappa shape index (κ2) is 4.22. The molecule has 0 saturated carbocycles. The zero-order valence-corrected chi connectivity index (χ0v) is 8.79. The van der Waals surface area contributed by atoms with Gasteiger partial charge in [-0.2, -0.15) is 0 Å². The first-order valence-electron chi connectivity index (χ1n) is 4.28. The molecule has 2 nitrogen and oxygen atoms in total. The van der Waals surface area contributed by atoms with E-state index in [1.54, 1.807) is 0 Å². The van der Waals surface area contributed by atoms with E-state index in [1.807, 2.05) is 12.1 Å². The van der Waals surface area contributed by atoms with Crippen LogP contribution in [0.25, 0.3) is 0 Å². The van der Waals surface area contributed by atoms with Crippen molar-refractivity contribution in [1.29, 1.82) is 0 Å². The van der Waals surface area contributed by atoms with Gasteiger partial charge in [-0.3, -0.25) is 0 Å². The van der Waals surface area contributed by atoms with Crippen LogP contribution in [0.3, 0.4) is 0 Å². The first-order chi connectivity index (χ1) is 6.34. The summed E-state index contributed by atoms with van der Waals surface area (Å²) in [4.78, 5) is 0. The predicted octanol–water partition coefficient (Wildman–Crippen LogP) is 2.36. The monoisotopic (exact) mass is 242 g/mol. The number of hydrogen-bond donors (Lipinski definition) is 0. The van der Waals surface area contributed by atoms with E-state index in [-0.39, 0.29) is 0 Å². The fraction of sp³-hybridized carbons (Fsp3) is 0.400. The van der Waals surface area contributed by atoms with Gasteiger partial charge in [0, 0.05) is 4.47 Å². The smallest absolute Gasteiger partial charge is 0.104 e. The second-order valence-electron chi connectivity index (χ2n) is 3.10. The van der Waals surface area contributed by atoms with Crippen LogP contribution in [-0.2, 0) is 16.1 Å². The van der Waals surface area contributed by atoms with Crippen molar-refractivity contribution in [3.8, 4) is 0 Å². The fourth-order valence-electron chi connectivity index (χ4n) is 1.05. The molecule has 0 aromatic heterocycles. The average molecular weight is 243 g/mol. The molecule has 1 saturated heterocycles. The van der Waals surface area contributed by atoms with Crippen molar-refractivity contribution in [3.05, 3.63) is 34.3 Å². The molecule has 13 heavy (non-hydrogen) atoms. The first-order valence-corrected chi connectivity index (χ1v) is 5.08.